The molecule has 1 aromatic heterocycles. The van der Waals surface area contributed by atoms with E-state index in [1.807, 2.05) is 19.0 Å². The van der Waals surface area contributed by atoms with Crippen molar-refractivity contribution in [3.05, 3.63) is 5.82 Å². The number of anilines is 2. The van der Waals surface area contributed by atoms with Gasteiger partial charge in [-0.25, -0.2) is 0 Å². The molecule has 108 valence electrons. The second-order valence-electron chi connectivity index (χ2n) is 4.30. The molecule has 8 nitrogen and oxygen atoms in total. The molecule has 1 heterocycles. The first-order valence-corrected chi connectivity index (χ1v) is 6.06. The lowest BCUT2D eigenvalue weighted by molar-refractivity contribution is 0.125. The van der Waals surface area contributed by atoms with Crippen LogP contribution in [0, 0.1) is 0 Å². The van der Waals surface area contributed by atoms with Crippen molar-refractivity contribution in [2.75, 3.05) is 58.1 Å². The van der Waals surface area contributed by atoms with Crippen LogP contribution in [-0.4, -0.2) is 72.5 Å². The zero-order chi connectivity index (χ0) is 14.3. The van der Waals surface area contributed by atoms with Crippen molar-refractivity contribution in [3.63, 3.8) is 0 Å². The van der Waals surface area contributed by atoms with Gasteiger partial charge in [0, 0.05) is 34.3 Å². The molecule has 0 aliphatic heterocycles. The van der Waals surface area contributed by atoms with Gasteiger partial charge in [-0.3, -0.25) is 4.90 Å². The monoisotopic (exact) mass is 270 g/mol. The molecule has 0 radical (unpaired) electrons. The summed E-state index contributed by atoms with van der Waals surface area (Å²) >= 11 is 0. The van der Waals surface area contributed by atoms with Gasteiger partial charge in [-0.1, -0.05) is 0 Å². The van der Waals surface area contributed by atoms with Crippen LogP contribution in [-0.2, 0) is 11.3 Å². The molecule has 0 spiro atoms. The number of ether oxygens (including phenoxy) is 1. The molecule has 0 amide bonds. The number of hydrogen-bond acceptors (Lipinski definition) is 8. The molecule has 19 heavy (non-hydrogen) atoms. The maximum atomic E-state index is 9.04. The summed E-state index contributed by atoms with van der Waals surface area (Å²) in [6, 6.07) is 0. The molecule has 3 N–H and O–H groups in total. The molecular weight excluding hydrogens is 248 g/mol. The number of aromatic nitrogens is 3. The number of aliphatic hydroxyl groups excluding tert-OH is 1. The molecule has 0 aromatic carbocycles. The molecule has 0 fully saturated rings. The van der Waals surface area contributed by atoms with Crippen molar-refractivity contribution < 1.29 is 9.84 Å². The third kappa shape index (κ3) is 5.33. The Hall–Kier alpha value is -1.51. The van der Waals surface area contributed by atoms with Crippen molar-refractivity contribution in [1.82, 2.24) is 19.9 Å². The van der Waals surface area contributed by atoms with Crippen molar-refractivity contribution in [2.45, 2.75) is 6.54 Å². The van der Waals surface area contributed by atoms with Gasteiger partial charge in [0.2, 0.25) is 11.9 Å². The minimum absolute atomic E-state index is 0.0742. The van der Waals surface area contributed by atoms with Crippen molar-refractivity contribution in [1.29, 1.82) is 0 Å². The molecule has 0 atom stereocenters. The van der Waals surface area contributed by atoms with Gasteiger partial charge in [-0.15, -0.1) is 0 Å². The van der Waals surface area contributed by atoms with Gasteiger partial charge in [0.25, 0.3) is 0 Å². The molecule has 0 unspecified atom stereocenters. The van der Waals surface area contributed by atoms with Crippen LogP contribution in [0.1, 0.15) is 5.82 Å². The van der Waals surface area contributed by atoms with E-state index in [1.165, 1.54) is 0 Å². The Morgan fingerprint density at radius 3 is 2.53 bits per heavy atom. The molecule has 8 heteroatoms. The summed E-state index contributed by atoms with van der Waals surface area (Å²) in [6.45, 7) is 2.38. The topological polar surface area (TPSA) is 101 Å². The summed E-state index contributed by atoms with van der Waals surface area (Å²) in [6.07, 6.45) is 0. The normalized spacial score (nSPS) is 11.0. The van der Waals surface area contributed by atoms with Crippen LogP contribution in [0.2, 0.25) is 0 Å². The Bertz CT molecular complexity index is 387. The van der Waals surface area contributed by atoms with Crippen LogP contribution in [0.25, 0.3) is 0 Å². The van der Waals surface area contributed by atoms with Gasteiger partial charge in [-0.05, 0) is 0 Å². The summed E-state index contributed by atoms with van der Waals surface area (Å²) in [5, 5.41) is 9.04. The highest BCUT2D eigenvalue weighted by Gasteiger charge is 2.11. The van der Waals surface area contributed by atoms with E-state index in [0.717, 1.165) is 0 Å². The van der Waals surface area contributed by atoms with Crippen LogP contribution in [0.5, 0.6) is 0 Å². The first-order chi connectivity index (χ1) is 9.06. The molecule has 1 aromatic rings. The predicted molar refractivity (Wildman–Crippen MR) is 72.8 cm³/mol. The van der Waals surface area contributed by atoms with Gasteiger partial charge in [0.15, 0.2) is 0 Å². The van der Waals surface area contributed by atoms with Gasteiger partial charge >= 0.3 is 0 Å². The number of aliphatic hydroxyl groups is 1. The lowest BCUT2D eigenvalue weighted by Crippen LogP contribution is -2.31. The molecule has 0 saturated carbocycles. The number of nitrogens with two attached hydrogens (primary N) is 1. The zero-order valence-electron chi connectivity index (χ0n) is 11.7. The number of methoxy groups -OCH3 is 1. The third-order valence-electron chi connectivity index (χ3n) is 2.48. The Morgan fingerprint density at radius 2 is 1.95 bits per heavy atom. The molecule has 0 bridgehead atoms. The second-order valence-corrected chi connectivity index (χ2v) is 4.30. The summed E-state index contributed by atoms with van der Waals surface area (Å²) in [4.78, 5) is 16.2. The van der Waals surface area contributed by atoms with E-state index in [-0.39, 0.29) is 12.6 Å². The Balaban J connectivity index is 2.77. The van der Waals surface area contributed by atoms with E-state index >= 15 is 0 Å². The smallest absolute Gasteiger partial charge is 0.229 e. The van der Waals surface area contributed by atoms with Crippen LogP contribution in [0.3, 0.4) is 0 Å². The predicted octanol–water partition coefficient (Wildman–Crippen LogP) is -1.04. The molecule has 0 aliphatic rings. The lowest BCUT2D eigenvalue weighted by Gasteiger charge is -2.20. The van der Waals surface area contributed by atoms with E-state index in [0.29, 0.717) is 38.0 Å². The number of rotatable bonds is 8. The SMILES string of the molecule is COCCN(CCO)Cc1nc(N)nc(N(C)C)n1. The maximum Gasteiger partial charge on any atom is 0.229 e. The average Bonchev–Trinajstić information content (AvgIpc) is 2.35. The lowest BCUT2D eigenvalue weighted by atomic mass is 10.4. The van der Waals surface area contributed by atoms with E-state index in [4.69, 9.17) is 15.6 Å². The number of hydrogen-bond donors (Lipinski definition) is 2. The van der Waals surface area contributed by atoms with Crippen molar-refractivity contribution >= 4 is 11.9 Å². The van der Waals surface area contributed by atoms with Crippen LogP contribution in [0.4, 0.5) is 11.9 Å². The van der Waals surface area contributed by atoms with E-state index in [1.54, 1.807) is 12.0 Å². The summed E-state index contributed by atoms with van der Waals surface area (Å²) in [7, 11) is 5.33. The fraction of sp³-hybridized carbons (Fsp3) is 0.727. The Kier molecular flexibility index (Phi) is 6.40. The minimum atomic E-state index is 0.0742. The Labute approximate surface area is 113 Å². The van der Waals surface area contributed by atoms with Crippen LogP contribution < -0.4 is 10.6 Å². The van der Waals surface area contributed by atoms with Crippen LogP contribution in [0.15, 0.2) is 0 Å². The third-order valence-corrected chi connectivity index (χ3v) is 2.48. The highest BCUT2D eigenvalue weighted by atomic mass is 16.5. The fourth-order valence-electron chi connectivity index (χ4n) is 1.53. The first kappa shape index (κ1) is 15.5. The largest absolute Gasteiger partial charge is 0.395 e. The number of nitrogen functional groups attached to an aromatic ring is 1. The minimum Gasteiger partial charge on any atom is -0.395 e. The number of nitrogens with zero attached hydrogens (tertiary/aromatic N) is 5. The van der Waals surface area contributed by atoms with E-state index < -0.39 is 0 Å². The highest BCUT2D eigenvalue weighted by Crippen LogP contribution is 2.07. The quantitative estimate of drug-likeness (QED) is 0.618. The Morgan fingerprint density at radius 1 is 1.21 bits per heavy atom. The first-order valence-electron chi connectivity index (χ1n) is 6.06. The summed E-state index contributed by atoms with van der Waals surface area (Å²) in [5.74, 6) is 1.31. The molecule has 0 aliphatic carbocycles. The van der Waals surface area contributed by atoms with Crippen LogP contribution >= 0.6 is 0 Å². The van der Waals surface area contributed by atoms with Crippen molar-refractivity contribution in [3.8, 4) is 0 Å². The van der Waals surface area contributed by atoms with Gasteiger partial charge < -0.3 is 20.5 Å². The average molecular weight is 270 g/mol. The van der Waals surface area contributed by atoms with Gasteiger partial charge in [0.1, 0.15) is 5.82 Å². The van der Waals surface area contributed by atoms with Gasteiger partial charge in [-0.2, -0.15) is 15.0 Å². The van der Waals surface area contributed by atoms with E-state index in [9.17, 15) is 0 Å². The molecular formula is C11H22N6O2. The van der Waals surface area contributed by atoms with E-state index in [2.05, 4.69) is 15.0 Å². The van der Waals surface area contributed by atoms with Crippen molar-refractivity contribution in [2.24, 2.45) is 0 Å². The zero-order valence-corrected chi connectivity index (χ0v) is 11.7. The maximum absolute atomic E-state index is 9.04. The second kappa shape index (κ2) is 7.82. The summed E-state index contributed by atoms with van der Waals surface area (Å²) in [5.41, 5.74) is 5.67. The van der Waals surface area contributed by atoms with Gasteiger partial charge in [0.05, 0.1) is 19.8 Å². The molecule has 1 rings (SSSR count). The fourth-order valence-corrected chi connectivity index (χ4v) is 1.53. The summed E-state index contributed by atoms with van der Waals surface area (Å²) < 4.78 is 5.03. The highest BCUT2D eigenvalue weighted by molar-refractivity contribution is 5.32. The molecule has 0 saturated heterocycles. The standard InChI is InChI=1S/C11H22N6O2/c1-16(2)11-14-9(13-10(12)15-11)8-17(4-6-18)5-7-19-3/h18H,4-8H2,1-3H3,(H2,12,13,14,15).